The van der Waals surface area contributed by atoms with Crippen LogP contribution in [0.3, 0.4) is 0 Å². The van der Waals surface area contributed by atoms with Crippen LogP contribution in [0.25, 0.3) is 0 Å². The van der Waals surface area contributed by atoms with Gasteiger partial charge in [-0.15, -0.1) is 0 Å². The maximum absolute atomic E-state index is 12.2. The van der Waals surface area contributed by atoms with Gasteiger partial charge in [0.15, 0.2) is 0 Å². The minimum absolute atomic E-state index is 0.182. The molecular weight excluding hydrogens is 282 g/mol. The van der Waals surface area contributed by atoms with Gasteiger partial charge in [-0.3, -0.25) is 9.59 Å². The average Bonchev–Trinajstić information content (AvgIpc) is 3.02. The van der Waals surface area contributed by atoms with Crippen LogP contribution < -0.4 is 0 Å². The van der Waals surface area contributed by atoms with Crippen molar-refractivity contribution < 1.29 is 19.1 Å². The van der Waals surface area contributed by atoms with Gasteiger partial charge in [0.1, 0.15) is 12.6 Å². The van der Waals surface area contributed by atoms with Crippen molar-refractivity contribution in [1.82, 2.24) is 4.90 Å². The van der Waals surface area contributed by atoms with Gasteiger partial charge in [0.05, 0.1) is 0 Å². The average molecular weight is 303 g/mol. The maximum Gasteiger partial charge on any atom is 0.329 e. The van der Waals surface area contributed by atoms with Gasteiger partial charge >= 0.3 is 5.97 Å². The molecule has 1 unspecified atom stereocenters. The van der Waals surface area contributed by atoms with Crippen molar-refractivity contribution in [3.8, 4) is 0 Å². The summed E-state index contributed by atoms with van der Waals surface area (Å²) in [5.74, 6) is -1.41. The monoisotopic (exact) mass is 303 g/mol. The molecule has 5 heteroatoms. The highest BCUT2D eigenvalue weighted by Gasteiger charge is 2.37. The van der Waals surface area contributed by atoms with Gasteiger partial charge in [0.25, 0.3) is 5.91 Å². The zero-order valence-corrected chi connectivity index (χ0v) is 12.8. The SMILES string of the molecule is CCCC(=O)C(=O)N1CCCC1C(=O)OCc1ccccc1. The molecule has 0 bridgehead atoms. The Morgan fingerprint density at radius 3 is 2.64 bits per heavy atom. The second-order valence-electron chi connectivity index (χ2n) is 5.42. The topological polar surface area (TPSA) is 63.7 Å². The van der Waals surface area contributed by atoms with E-state index in [4.69, 9.17) is 4.74 Å². The number of nitrogens with zero attached hydrogens (tertiary/aromatic N) is 1. The van der Waals surface area contributed by atoms with Crippen molar-refractivity contribution in [1.29, 1.82) is 0 Å². The molecule has 0 radical (unpaired) electrons. The van der Waals surface area contributed by atoms with Crippen molar-refractivity contribution in [2.75, 3.05) is 6.54 Å². The highest BCUT2D eigenvalue weighted by atomic mass is 16.5. The van der Waals surface area contributed by atoms with Crippen LogP contribution in [0.15, 0.2) is 30.3 Å². The molecule has 1 amide bonds. The van der Waals surface area contributed by atoms with E-state index in [2.05, 4.69) is 0 Å². The second-order valence-corrected chi connectivity index (χ2v) is 5.42. The number of ketones is 1. The number of likely N-dealkylation sites (tertiary alicyclic amines) is 1. The van der Waals surface area contributed by atoms with Crippen molar-refractivity contribution in [3.05, 3.63) is 35.9 Å². The zero-order chi connectivity index (χ0) is 15.9. The van der Waals surface area contributed by atoms with E-state index in [0.29, 0.717) is 19.4 Å². The number of esters is 1. The first kappa shape index (κ1) is 16.2. The molecule has 1 fully saturated rings. The summed E-state index contributed by atoms with van der Waals surface area (Å²) in [6.45, 7) is 2.47. The molecule has 118 valence electrons. The van der Waals surface area contributed by atoms with Crippen molar-refractivity contribution in [2.45, 2.75) is 45.3 Å². The first-order valence-corrected chi connectivity index (χ1v) is 7.68. The Kier molecular flexibility index (Phi) is 5.69. The molecule has 1 aliphatic heterocycles. The number of amides is 1. The van der Waals surface area contributed by atoms with Crippen molar-refractivity contribution in [3.63, 3.8) is 0 Å². The smallest absolute Gasteiger partial charge is 0.329 e. The molecule has 1 saturated heterocycles. The molecule has 1 atom stereocenters. The van der Waals surface area contributed by atoms with E-state index < -0.39 is 23.7 Å². The van der Waals surface area contributed by atoms with Crippen LogP contribution in [0.5, 0.6) is 0 Å². The first-order chi connectivity index (χ1) is 10.6. The van der Waals surface area contributed by atoms with E-state index in [9.17, 15) is 14.4 Å². The van der Waals surface area contributed by atoms with E-state index >= 15 is 0 Å². The van der Waals surface area contributed by atoms with Crippen LogP contribution in [0, 0.1) is 0 Å². The van der Waals surface area contributed by atoms with Crippen LogP contribution in [-0.4, -0.2) is 35.1 Å². The Morgan fingerprint density at radius 1 is 1.23 bits per heavy atom. The van der Waals surface area contributed by atoms with Gasteiger partial charge < -0.3 is 9.64 Å². The fourth-order valence-corrected chi connectivity index (χ4v) is 2.57. The normalized spacial score (nSPS) is 17.3. The quantitative estimate of drug-likeness (QED) is 0.596. The Morgan fingerprint density at radius 2 is 1.95 bits per heavy atom. The van der Waals surface area contributed by atoms with Gasteiger partial charge in [-0.1, -0.05) is 37.3 Å². The lowest BCUT2D eigenvalue weighted by Gasteiger charge is -2.22. The molecule has 1 aromatic rings. The number of rotatable bonds is 6. The van der Waals surface area contributed by atoms with Gasteiger partial charge in [-0.25, -0.2) is 4.79 Å². The molecule has 2 rings (SSSR count). The summed E-state index contributed by atoms with van der Waals surface area (Å²) < 4.78 is 5.29. The number of hydrogen-bond acceptors (Lipinski definition) is 4. The molecule has 5 nitrogen and oxygen atoms in total. The molecule has 0 N–H and O–H groups in total. The first-order valence-electron chi connectivity index (χ1n) is 7.68. The van der Waals surface area contributed by atoms with Gasteiger partial charge in [-0.05, 0) is 24.8 Å². The zero-order valence-electron chi connectivity index (χ0n) is 12.8. The van der Waals surface area contributed by atoms with Crippen LogP contribution in [0.1, 0.15) is 38.2 Å². The fourth-order valence-electron chi connectivity index (χ4n) is 2.57. The lowest BCUT2D eigenvalue weighted by Crippen LogP contribution is -2.44. The number of Topliss-reactive ketones (excluding diaryl/α,β-unsaturated/α-hetero) is 1. The Bertz CT molecular complexity index is 541. The summed E-state index contributed by atoms with van der Waals surface area (Å²) in [5.41, 5.74) is 0.897. The highest BCUT2D eigenvalue weighted by Crippen LogP contribution is 2.20. The molecule has 0 aromatic heterocycles. The Labute approximate surface area is 130 Å². The minimum atomic E-state index is -0.628. The predicted molar refractivity (Wildman–Crippen MR) is 80.9 cm³/mol. The van der Waals surface area contributed by atoms with E-state index in [0.717, 1.165) is 12.0 Å². The lowest BCUT2D eigenvalue weighted by atomic mass is 10.2. The summed E-state index contributed by atoms with van der Waals surface area (Å²) in [6, 6.07) is 8.75. The lowest BCUT2D eigenvalue weighted by molar-refractivity contribution is -0.156. The fraction of sp³-hybridized carbons (Fsp3) is 0.471. The van der Waals surface area contributed by atoms with Gasteiger partial charge in [0.2, 0.25) is 5.78 Å². The standard InChI is InChI=1S/C17H21NO4/c1-2-7-15(19)16(20)18-11-6-10-14(18)17(21)22-12-13-8-4-3-5-9-13/h3-5,8-9,14H,2,6-7,10-12H2,1H3. The molecule has 0 aliphatic carbocycles. The van der Waals surface area contributed by atoms with Crippen LogP contribution in [0.2, 0.25) is 0 Å². The number of hydrogen-bond donors (Lipinski definition) is 0. The van der Waals surface area contributed by atoms with Crippen LogP contribution in [0.4, 0.5) is 0 Å². The third kappa shape index (κ3) is 3.93. The summed E-state index contributed by atoms with van der Waals surface area (Å²) in [7, 11) is 0. The van der Waals surface area contributed by atoms with Gasteiger partial charge in [-0.2, -0.15) is 0 Å². The molecule has 22 heavy (non-hydrogen) atoms. The van der Waals surface area contributed by atoms with E-state index in [1.165, 1.54) is 4.90 Å². The molecule has 1 aliphatic rings. The maximum atomic E-state index is 12.2. The summed E-state index contributed by atoms with van der Waals surface area (Å²) >= 11 is 0. The molecule has 0 saturated carbocycles. The largest absolute Gasteiger partial charge is 0.459 e. The van der Waals surface area contributed by atoms with E-state index in [1.807, 2.05) is 37.3 Å². The number of carbonyl (C=O) groups is 3. The minimum Gasteiger partial charge on any atom is -0.459 e. The molecule has 1 aromatic carbocycles. The number of ether oxygens (including phenoxy) is 1. The van der Waals surface area contributed by atoms with Crippen molar-refractivity contribution >= 4 is 17.7 Å². The Balaban J connectivity index is 1.93. The number of benzene rings is 1. The van der Waals surface area contributed by atoms with Crippen molar-refractivity contribution in [2.24, 2.45) is 0 Å². The third-order valence-corrected chi connectivity index (χ3v) is 3.73. The van der Waals surface area contributed by atoms with Gasteiger partial charge in [0, 0.05) is 13.0 Å². The van der Waals surface area contributed by atoms with E-state index in [1.54, 1.807) is 0 Å². The van der Waals surface area contributed by atoms with Crippen LogP contribution >= 0.6 is 0 Å². The molecule has 0 spiro atoms. The number of carbonyl (C=O) groups excluding carboxylic acids is 3. The predicted octanol–water partition coefficient (Wildman–Crippen LogP) is 2.09. The second kappa shape index (κ2) is 7.73. The highest BCUT2D eigenvalue weighted by molar-refractivity contribution is 6.36. The summed E-state index contributed by atoms with van der Waals surface area (Å²) in [5, 5.41) is 0. The third-order valence-electron chi connectivity index (χ3n) is 3.73. The molecular formula is C17H21NO4. The molecule has 1 heterocycles. The Hall–Kier alpha value is -2.17. The summed E-state index contributed by atoms with van der Waals surface area (Å²) in [4.78, 5) is 37.4. The van der Waals surface area contributed by atoms with Crippen LogP contribution in [-0.2, 0) is 25.7 Å². The van der Waals surface area contributed by atoms with E-state index in [-0.39, 0.29) is 13.0 Å². The summed E-state index contributed by atoms with van der Waals surface area (Å²) in [6.07, 6.45) is 2.12.